The summed E-state index contributed by atoms with van der Waals surface area (Å²) in [7, 11) is -1.22. The molecule has 0 spiro atoms. The molecule has 1 aliphatic heterocycles. The molecule has 0 saturated carbocycles. The third-order valence-electron chi connectivity index (χ3n) is 3.09. The summed E-state index contributed by atoms with van der Waals surface area (Å²) in [5, 5.41) is 0. The highest BCUT2D eigenvalue weighted by molar-refractivity contribution is 7.41. The molecule has 0 radical (unpaired) electrons. The van der Waals surface area contributed by atoms with Gasteiger partial charge in [-0.2, -0.15) is 0 Å². The first kappa shape index (κ1) is 17.3. The Hall–Kier alpha value is 0.270. The van der Waals surface area contributed by atoms with E-state index in [0.29, 0.717) is 12.6 Å². The van der Waals surface area contributed by atoms with Crippen LogP contribution in [0.4, 0.5) is 0 Å². The van der Waals surface area contributed by atoms with E-state index in [2.05, 4.69) is 11.8 Å². The van der Waals surface area contributed by atoms with Crippen LogP contribution in [0, 0.1) is 0 Å². The minimum Gasteiger partial charge on any atom is -0.311 e. The van der Waals surface area contributed by atoms with Crippen molar-refractivity contribution in [3.63, 3.8) is 0 Å². The summed E-state index contributed by atoms with van der Waals surface area (Å²) < 4.78 is 17.3. The maximum Gasteiger partial charge on any atom is 0.333 e. The molecule has 0 aromatic carbocycles. The number of nitrogens with zero attached hydrogens (tertiary/aromatic N) is 1. The van der Waals surface area contributed by atoms with Gasteiger partial charge in [-0.3, -0.25) is 4.90 Å². The van der Waals surface area contributed by atoms with Gasteiger partial charge in [0.2, 0.25) is 0 Å². The van der Waals surface area contributed by atoms with Gasteiger partial charge in [0.15, 0.2) is 0 Å². The molecule has 0 aromatic rings. The monoisotopic (exact) mass is 291 g/mol. The lowest BCUT2D eigenvalue weighted by Gasteiger charge is -2.28. The van der Waals surface area contributed by atoms with Gasteiger partial charge in [0.05, 0.1) is 18.8 Å². The molecule has 0 amide bonds. The van der Waals surface area contributed by atoms with Crippen LogP contribution in [0.5, 0.6) is 0 Å². The number of hydrogen-bond donors (Lipinski definition) is 0. The number of hydrogen-bond acceptors (Lipinski definition) is 4. The Balaban J connectivity index is 2.38. The van der Waals surface area contributed by atoms with Gasteiger partial charge < -0.3 is 13.6 Å². The second kappa shape index (κ2) is 9.25. The molecule has 1 heterocycles. The fourth-order valence-electron chi connectivity index (χ4n) is 2.17. The summed E-state index contributed by atoms with van der Waals surface area (Å²) in [5.41, 5.74) is 0. The Bertz CT molecular complexity index is 223. The molecule has 1 rings (SSSR count). The SMILES string of the molecule is CC[C@H](COP(OC(C)C)OC(C)C)N1CCCC1. The van der Waals surface area contributed by atoms with E-state index in [1.54, 1.807) is 0 Å². The quantitative estimate of drug-likeness (QED) is 0.602. The zero-order valence-corrected chi connectivity index (χ0v) is 14.0. The minimum absolute atomic E-state index is 0.136. The zero-order chi connectivity index (χ0) is 14.3. The fourth-order valence-corrected chi connectivity index (χ4v) is 3.32. The molecule has 0 N–H and O–H groups in total. The molecule has 0 aliphatic carbocycles. The first-order chi connectivity index (χ1) is 9.02. The summed E-state index contributed by atoms with van der Waals surface area (Å²) in [6.07, 6.45) is 4.02. The van der Waals surface area contributed by atoms with Crippen LogP contribution in [0.15, 0.2) is 0 Å². The van der Waals surface area contributed by atoms with Gasteiger partial charge >= 0.3 is 8.60 Å². The summed E-state index contributed by atoms with van der Waals surface area (Å²) in [4.78, 5) is 2.53. The van der Waals surface area contributed by atoms with E-state index in [4.69, 9.17) is 13.6 Å². The third-order valence-corrected chi connectivity index (χ3v) is 4.64. The lowest BCUT2D eigenvalue weighted by atomic mass is 10.2. The summed E-state index contributed by atoms with van der Waals surface area (Å²) in [6, 6.07) is 0.499. The normalized spacial score (nSPS) is 18.9. The standard InChI is InChI=1S/C14H30NO3P/c1-6-14(15-9-7-8-10-15)11-16-19(17-12(2)3)18-13(4)5/h12-14H,6-11H2,1-5H3/t14-/m1/s1. The molecule has 0 aromatic heterocycles. The van der Waals surface area contributed by atoms with E-state index >= 15 is 0 Å². The smallest absolute Gasteiger partial charge is 0.311 e. The average molecular weight is 291 g/mol. The predicted octanol–water partition coefficient (Wildman–Crippen LogP) is 3.95. The number of likely N-dealkylation sites (tertiary alicyclic amines) is 1. The topological polar surface area (TPSA) is 30.9 Å². The maximum absolute atomic E-state index is 5.91. The van der Waals surface area contributed by atoms with Gasteiger partial charge in [-0.25, -0.2) is 0 Å². The van der Waals surface area contributed by atoms with Gasteiger partial charge in [-0.1, -0.05) is 6.92 Å². The molecule has 1 saturated heterocycles. The largest absolute Gasteiger partial charge is 0.333 e. The Labute approximate surface area is 119 Å². The van der Waals surface area contributed by atoms with Gasteiger partial charge in [-0.05, 0) is 60.0 Å². The van der Waals surface area contributed by atoms with Crippen molar-refractivity contribution in [1.29, 1.82) is 0 Å². The van der Waals surface area contributed by atoms with Crippen molar-refractivity contribution in [3.8, 4) is 0 Å². The highest BCUT2D eigenvalue weighted by atomic mass is 31.2. The van der Waals surface area contributed by atoms with Gasteiger partial charge in [0, 0.05) is 6.04 Å². The van der Waals surface area contributed by atoms with Gasteiger partial charge in [0.25, 0.3) is 0 Å². The Kier molecular flexibility index (Phi) is 8.43. The van der Waals surface area contributed by atoms with Crippen LogP contribution in [-0.2, 0) is 13.6 Å². The van der Waals surface area contributed by atoms with E-state index in [-0.39, 0.29) is 12.2 Å². The second-order valence-corrected chi connectivity index (χ2v) is 6.76. The molecular formula is C14H30NO3P. The van der Waals surface area contributed by atoms with E-state index in [1.165, 1.54) is 25.9 Å². The van der Waals surface area contributed by atoms with Crippen LogP contribution in [0.1, 0.15) is 53.9 Å². The van der Waals surface area contributed by atoms with Crippen molar-refractivity contribution in [2.75, 3.05) is 19.7 Å². The molecule has 0 unspecified atom stereocenters. The molecule has 5 heteroatoms. The van der Waals surface area contributed by atoms with E-state index in [9.17, 15) is 0 Å². The van der Waals surface area contributed by atoms with Crippen molar-refractivity contribution >= 4 is 8.60 Å². The van der Waals surface area contributed by atoms with Crippen LogP contribution in [0.2, 0.25) is 0 Å². The summed E-state index contributed by atoms with van der Waals surface area (Å²) >= 11 is 0. The maximum atomic E-state index is 5.91. The molecule has 0 bridgehead atoms. The van der Waals surface area contributed by atoms with Crippen LogP contribution < -0.4 is 0 Å². The number of rotatable bonds is 9. The zero-order valence-electron chi connectivity index (χ0n) is 13.1. The minimum atomic E-state index is -1.22. The van der Waals surface area contributed by atoms with Crippen molar-refractivity contribution in [1.82, 2.24) is 4.90 Å². The summed E-state index contributed by atoms with van der Waals surface area (Å²) in [5.74, 6) is 0. The fraction of sp³-hybridized carbons (Fsp3) is 1.00. The Morgan fingerprint density at radius 2 is 1.53 bits per heavy atom. The van der Waals surface area contributed by atoms with Crippen molar-refractivity contribution < 1.29 is 13.6 Å². The first-order valence-electron chi connectivity index (χ1n) is 7.53. The van der Waals surface area contributed by atoms with E-state index in [1.807, 2.05) is 27.7 Å². The van der Waals surface area contributed by atoms with Gasteiger partial charge in [0.1, 0.15) is 0 Å². The highest BCUT2D eigenvalue weighted by Crippen LogP contribution is 2.42. The van der Waals surface area contributed by atoms with Crippen molar-refractivity contribution in [3.05, 3.63) is 0 Å². The Morgan fingerprint density at radius 1 is 1.00 bits per heavy atom. The molecule has 114 valence electrons. The predicted molar refractivity (Wildman–Crippen MR) is 80.2 cm³/mol. The molecule has 1 atom stereocenters. The van der Waals surface area contributed by atoms with Gasteiger partial charge in [-0.15, -0.1) is 0 Å². The van der Waals surface area contributed by atoms with Crippen LogP contribution in [-0.4, -0.2) is 42.8 Å². The van der Waals surface area contributed by atoms with Crippen molar-refractivity contribution in [2.45, 2.75) is 72.1 Å². The molecule has 1 fully saturated rings. The van der Waals surface area contributed by atoms with E-state index in [0.717, 1.165) is 6.42 Å². The first-order valence-corrected chi connectivity index (χ1v) is 8.63. The van der Waals surface area contributed by atoms with Crippen molar-refractivity contribution in [2.24, 2.45) is 0 Å². The van der Waals surface area contributed by atoms with E-state index < -0.39 is 8.60 Å². The molecule has 4 nitrogen and oxygen atoms in total. The average Bonchev–Trinajstić information content (AvgIpc) is 2.81. The molecule has 1 aliphatic rings. The lowest BCUT2D eigenvalue weighted by molar-refractivity contribution is 0.0863. The Morgan fingerprint density at radius 3 is 1.95 bits per heavy atom. The lowest BCUT2D eigenvalue weighted by Crippen LogP contribution is -2.35. The third kappa shape index (κ3) is 7.01. The molecular weight excluding hydrogens is 261 g/mol. The van der Waals surface area contributed by atoms with Crippen LogP contribution >= 0.6 is 8.60 Å². The second-order valence-electron chi connectivity index (χ2n) is 5.63. The van der Waals surface area contributed by atoms with Crippen LogP contribution in [0.25, 0.3) is 0 Å². The highest BCUT2D eigenvalue weighted by Gasteiger charge is 2.24. The molecule has 19 heavy (non-hydrogen) atoms. The summed E-state index contributed by atoms with van der Waals surface area (Å²) in [6.45, 7) is 13.4. The van der Waals surface area contributed by atoms with Crippen LogP contribution in [0.3, 0.4) is 0 Å².